The van der Waals surface area contributed by atoms with Gasteiger partial charge in [-0.05, 0) is 54.3 Å². The summed E-state index contributed by atoms with van der Waals surface area (Å²) in [5.41, 5.74) is 7.42. The molecule has 0 saturated carbocycles. The van der Waals surface area contributed by atoms with E-state index < -0.39 is 0 Å². The van der Waals surface area contributed by atoms with Crippen molar-refractivity contribution in [3.05, 3.63) is 45.9 Å². The molecule has 28 heavy (non-hydrogen) atoms. The zero-order chi connectivity index (χ0) is 20.7. The van der Waals surface area contributed by atoms with E-state index in [1.54, 1.807) is 26.4 Å². The maximum atomic E-state index is 11.9. The Morgan fingerprint density at radius 3 is 2.54 bits per heavy atom. The molecule has 6 nitrogen and oxygen atoms in total. The number of nitrogen functional groups attached to an aromatic ring is 1. The SMILES string of the molecule is COC(=O)CN(CCc1cc(OC)ccc1OC)Sc1cc(Cl)cc(Cl)c1N. The molecule has 2 N–H and O–H groups in total. The number of hydrogen-bond donors (Lipinski definition) is 1. The minimum Gasteiger partial charge on any atom is -0.497 e. The molecule has 0 heterocycles. The van der Waals surface area contributed by atoms with Crippen molar-refractivity contribution in [1.29, 1.82) is 0 Å². The molecule has 2 aromatic rings. The Hall–Kier alpha value is -1.80. The molecular formula is C19H22Cl2N2O4S. The van der Waals surface area contributed by atoms with Gasteiger partial charge in [0, 0.05) is 16.5 Å². The summed E-state index contributed by atoms with van der Waals surface area (Å²) in [6, 6.07) is 8.88. The Kier molecular flexibility index (Phi) is 8.57. The van der Waals surface area contributed by atoms with Gasteiger partial charge in [0.05, 0.1) is 32.0 Å². The molecule has 0 fully saturated rings. The average Bonchev–Trinajstić information content (AvgIpc) is 2.69. The number of carbonyl (C=O) groups is 1. The molecule has 0 radical (unpaired) electrons. The van der Waals surface area contributed by atoms with Gasteiger partial charge >= 0.3 is 5.97 Å². The predicted molar refractivity (Wildman–Crippen MR) is 114 cm³/mol. The van der Waals surface area contributed by atoms with E-state index in [4.69, 9.17) is 43.1 Å². The standard InChI is InChI=1S/C19H22Cl2N2O4S/c1-25-14-4-5-16(26-2)12(8-14)6-7-23(11-18(24)27-3)28-17-10-13(20)9-15(21)19(17)22/h4-5,8-10H,6-7,11,22H2,1-3H3. The highest BCUT2D eigenvalue weighted by atomic mass is 35.5. The summed E-state index contributed by atoms with van der Waals surface area (Å²) in [5.74, 6) is 1.11. The van der Waals surface area contributed by atoms with Crippen molar-refractivity contribution in [3.8, 4) is 11.5 Å². The minimum atomic E-state index is -0.364. The normalized spacial score (nSPS) is 10.8. The first kappa shape index (κ1) is 22.5. The fourth-order valence-electron chi connectivity index (χ4n) is 2.46. The smallest absolute Gasteiger partial charge is 0.320 e. The van der Waals surface area contributed by atoms with Crippen LogP contribution in [0.2, 0.25) is 10.0 Å². The van der Waals surface area contributed by atoms with Crippen molar-refractivity contribution in [2.24, 2.45) is 0 Å². The number of halogens is 2. The van der Waals surface area contributed by atoms with Crippen LogP contribution in [0.3, 0.4) is 0 Å². The molecule has 152 valence electrons. The quantitative estimate of drug-likeness (QED) is 0.350. The second-order valence-corrected chi connectivity index (χ2v) is 7.74. The summed E-state index contributed by atoms with van der Waals surface area (Å²) in [5, 5.41) is 0.830. The molecule has 0 atom stereocenters. The molecule has 0 aliphatic heterocycles. The van der Waals surface area contributed by atoms with Crippen LogP contribution in [0.5, 0.6) is 11.5 Å². The van der Waals surface area contributed by atoms with Gasteiger partial charge < -0.3 is 19.9 Å². The molecule has 0 aromatic heterocycles. The van der Waals surface area contributed by atoms with E-state index in [-0.39, 0.29) is 12.5 Å². The Labute approximate surface area is 179 Å². The maximum Gasteiger partial charge on any atom is 0.320 e. The lowest BCUT2D eigenvalue weighted by molar-refractivity contribution is -0.140. The van der Waals surface area contributed by atoms with Gasteiger partial charge in [-0.15, -0.1) is 0 Å². The molecule has 0 amide bonds. The molecule has 9 heteroatoms. The van der Waals surface area contributed by atoms with Crippen LogP contribution in [-0.4, -0.2) is 44.7 Å². The van der Waals surface area contributed by atoms with E-state index >= 15 is 0 Å². The van der Waals surface area contributed by atoms with Crippen molar-refractivity contribution in [3.63, 3.8) is 0 Å². The number of ether oxygens (including phenoxy) is 3. The lowest BCUT2D eigenvalue weighted by Crippen LogP contribution is -2.27. The first-order chi connectivity index (χ1) is 13.4. The summed E-state index contributed by atoms with van der Waals surface area (Å²) >= 11 is 13.5. The summed E-state index contributed by atoms with van der Waals surface area (Å²) in [6.45, 7) is 0.587. The number of esters is 1. The van der Waals surface area contributed by atoms with Crippen molar-refractivity contribution in [1.82, 2.24) is 4.31 Å². The molecule has 0 spiro atoms. The number of nitrogens with two attached hydrogens (primary N) is 1. The van der Waals surface area contributed by atoms with Crippen LogP contribution in [0, 0.1) is 0 Å². The third kappa shape index (κ3) is 6.10. The van der Waals surface area contributed by atoms with Gasteiger partial charge in [-0.1, -0.05) is 23.2 Å². The minimum absolute atomic E-state index is 0.0665. The molecule has 2 rings (SSSR count). The van der Waals surface area contributed by atoms with Gasteiger partial charge in [-0.2, -0.15) is 0 Å². The predicted octanol–water partition coefficient (Wildman–Crippen LogP) is 4.32. The second kappa shape index (κ2) is 10.7. The molecule has 0 aliphatic rings. The lowest BCUT2D eigenvalue weighted by atomic mass is 10.1. The highest BCUT2D eigenvalue weighted by Gasteiger charge is 2.17. The van der Waals surface area contributed by atoms with Gasteiger partial charge in [0.25, 0.3) is 0 Å². The number of anilines is 1. The van der Waals surface area contributed by atoms with Crippen LogP contribution in [-0.2, 0) is 16.0 Å². The van der Waals surface area contributed by atoms with Gasteiger partial charge in [0.15, 0.2) is 0 Å². The second-order valence-electron chi connectivity index (χ2n) is 5.76. The number of carbonyl (C=O) groups excluding carboxylic acids is 1. The molecule has 0 unspecified atom stereocenters. The van der Waals surface area contributed by atoms with Crippen molar-refractivity contribution < 1.29 is 19.0 Å². The Morgan fingerprint density at radius 2 is 1.89 bits per heavy atom. The lowest BCUT2D eigenvalue weighted by Gasteiger charge is -2.21. The third-order valence-electron chi connectivity index (χ3n) is 3.94. The van der Waals surface area contributed by atoms with Gasteiger partial charge in [0.2, 0.25) is 0 Å². The summed E-state index contributed by atoms with van der Waals surface area (Å²) in [4.78, 5) is 12.5. The summed E-state index contributed by atoms with van der Waals surface area (Å²) < 4.78 is 17.4. The molecule has 0 saturated heterocycles. The summed E-state index contributed by atoms with van der Waals surface area (Å²) in [7, 11) is 4.57. The number of nitrogens with zero attached hydrogens (tertiary/aromatic N) is 1. The van der Waals surface area contributed by atoms with Gasteiger partial charge in [0.1, 0.15) is 18.0 Å². The molecule has 0 bridgehead atoms. The van der Waals surface area contributed by atoms with E-state index in [1.807, 2.05) is 22.5 Å². The topological polar surface area (TPSA) is 74.0 Å². The molecular weight excluding hydrogens is 423 g/mol. The number of hydrogen-bond acceptors (Lipinski definition) is 7. The highest BCUT2D eigenvalue weighted by molar-refractivity contribution is 7.97. The fraction of sp³-hybridized carbons (Fsp3) is 0.316. The van der Waals surface area contributed by atoms with Crippen LogP contribution in [0.25, 0.3) is 0 Å². The van der Waals surface area contributed by atoms with E-state index in [0.717, 1.165) is 17.1 Å². The van der Waals surface area contributed by atoms with Crippen LogP contribution >= 0.6 is 35.1 Å². The highest BCUT2D eigenvalue weighted by Crippen LogP contribution is 2.36. The number of benzene rings is 2. The van der Waals surface area contributed by atoms with E-state index in [0.29, 0.717) is 33.6 Å². The number of rotatable bonds is 9. The first-order valence-electron chi connectivity index (χ1n) is 8.33. The van der Waals surface area contributed by atoms with Gasteiger partial charge in [-0.25, -0.2) is 4.31 Å². The zero-order valence-electron chi connectivity index (χ0n) is 15.8. The van der Waals surface area contributed by atoms with E-state index in [9.17, 15) is 4.79 Å². The van der Waals surface area contributed by atoms with Crippen LogP contribution in [0.1, 0.15) is 5.56 Å². The Bertz CT molecular complexity index is 836. The zero-order valence-corrected chi connectivity index (χ0v) is 18.2. The van der Waals surface area contributed by atoms with Crippen LogP contribution in [0.15, 0.2) is 35.2 Å². The van der Waals surface area contributed by atoms with Crippen LogP contribution < -0.4 is 15.2 Å². The average molecular weight is 445 g/mol. The summed E-state index contributed by atoms with van der Waals surface area (Å²) in [6.07, 6.45) is 0.610. The van der Waals surface area contributed by atoms with Crippen molar-refractivity contribution >= 4 is 46.8 Å². The largest absolute Gasteiger partial charge is 0.497 e. The van der Waals surface area contributed by atoms with Crippen LogP contribution in [0.4, 0.5) is 5.69 Å². The maximum absolute atomic E-state index is 11.9. The third-order valence-corrected chi connectivity index (χ3v) is 5.57. The van der Waals surface area contributed by atoms with Gasteiger partial charge in [-0.3, -0.25) is 4.79 Å². The van der Waals surface area contributed by atoms with E-state index in [1.165, 1.54) is 19.1 Å². The van der Waals surface area contributed by atoms with Crippen molar-refractivity contribution in [2.45, 2.75) is 11.3 Å². The number of methoxy groups -OCH3 is 3. The van der Waals surface area contributed by atoms with E-state index in [2.05, 4.69) is 0 Å². The first-order valence-corrected chi connectivity index (χ1v) is 9.86. The molecule has 0 aliphatic carbocycles. The Balaban J connectivity index is 2.21. The molecule has 2 aromatic carbocycles. The monoisotopic (exact) mass is 444 g/mol. The van der Waals surface area contributed by atoms with Crippen molar-refractivity contribution in [2.75, 3.05) is 40.2 Å². The fourth-order valence-corrected chi connectivity index (χ4v) is 4.10. The Morgan fingerprint density at radius 1 is 1.14 bits per heavy atom.